The van der Waals surface area contributed by atoms with Gasteiger partial charge in [0.15, 0.2) is 0 Å². The van der Waals surface area contributed by atoms with Gasteiger partial charge >= 0.3 is 0 Å². The topological polar surface area (TPSA) is 78.6 Å². The maximum atomic E-state index is 13.5. The van der Waals surface area contributed by atoms with Crippen LogP contribution in [0.15, 0.2) is 34.0 Å². The second-order valence-electron chi connectivity index (χ2n) is 9.64. The number of rotatable bonds is 8. The molecule has 2 aromatic rings. The van der Waals surface area contributed by atoms with E-state index in [1.165, 1.54) is 11.8 Å². The maximum absolute atomic E-state index is 13.5. The SMILES string of the molecule is CCCn1c(N2CCCCCC2)c(/C=C2\SC(=S)N(CCc3ccc(OC)cc3)C2=O)c(C)c(C#N)c1=O. The summed E-state index contributed by atoms with van der Waals surface area (Å²) < 4.78 is 7.49. The molecule has 7 nitrogen and oxygen atoms in total. The number of carbonyl (C=O) groups excluding carboxylic acids is 1. The lowest BCUT2D eigenvalue weighted by Crippen LogP contribution is -2.35. The van der Waals surface area contributed by atoms with E-state index in [2.05, 4.69) is 11.0 Å². The summed E-state index contributed by atoms with van der Waals surface area (Å²) >= 11 is 6.88. The molecule has 0 atom stereocenters. The van der Waals surface area contributed by atoms with Crippen LogP contribution in [0.3, 0.4) is 0 Å². The first kappa shape index (κ1) is 27.9. The molecule has 4 rings (SSSR count). The molecule has 2 aliphatic heterocycles. The average Bonchev–Trinajstić information content (AvgIpc) is 3.08. The first-order chi connectivity index (χ1) is 18.4. The van der Waals surface area contributed by atoms with E-state index in [0.29, 0.717) is 34.3 Å². The highest BCUT2D eigenvalue weighted by molar-refractivity contribution is 8.26. The van der Waals surface area contributed by atoms with Gasteiger partial charge in [0.05, 0.1) is 12.0 Å². The Morgan fingerprint density at radius 1 is 1.11 bits per heavy atom. The van der Waals surface area contributed by atoms with Gasteiger partial charge in [-0.1, -0.05) is 55.9 Å². The van der Waals surface area contributed by atoms with E-state index in [1.54, 1.807) is 16.6 Å². The van der Waals surface area contributed by atoms with Crippen LogP contribution in [0.2, 0.25) is 0 Å². The minimum atomic E-state index is -0.254. The quantitative estimate of drug-likeness (QED) is 0.327. The normalized spacial score (nSPS) is 17.2. The molecular formula is C29H34N4O3S2. The number of benzene rings is 1. The van der Waals surface area contributed by atoms with Crippen LogP contribution in [0.25, 0.3) is 6.08 Å². The van der Waals surface area contributed by atoms with E-state index in [9.17, 15) is 14.9 Å². The number of thioether (sulfide) groups is 1. The molecule has 0 N–H and O–H groups in total. The summed E-state index contributed by atoms with van der Waals surface area (Å²) in [6.07, 6.45) is 7.70. The highest BCUT2D eigenvalue weighted by Crippen LogP contribution is 2.36. The number of anilines is 1. The van der Waals surface area contributed by atoms with Gasteiger partial charge in [-0.15, -0.1) is 0 Å². The molecule has 3 heterocycles. The van der Waals surface area contributed by atoms with Gasteiger partial charge in [0, 0.05) is 31.7 Å². The van der Waals surface area contributed by atoms with Crippen LogP contribution in [0.5, 0.6) is 5.75 Å². The predicted molar refractivity (Wildman–Crippen MR) is 158 cm³/mol. The Balaban J connectivity index is 1.71. The van der Waals surface area contributed by atoms with E-state index < -0.39 is 0 Å². The molecule has 2 aliphatic rings. The van der Waals surface area contributed by atoms with Gasteiger partial charge in [-0.25, -0.2) is 0 Å². The third kappa shape index (κ3) is 5.82. The van der Waals surface area contributed by atoms with E-state index in [-0.39, 0.29) is 17.0 Å². The lowest BCUT2D eigenvalue weighted by atomic mass is 10.0. The maximum Gasteiger partial charge on any atom is 0.270 e. The summed E-state index contributed by atoms with van der Waals surface area (Å²) in [5.41, 5.74) is 2.36. The summed E-state index contributed by atoms with van der Waals surface area (Å²) in [5.74, 6) is 1.47. The number of carbonyl (C=O) groups is 1. The largest absolute Gasteiger partial charge is 0.497 e. The molecule has 2 fully saturated rings. The van der Waals surface area contributed by atoms with Gasteiger partial charge < -0.3 is 9.64 Å². The Morgan fingerprint density at radius 2 is 1.79 bits per heavy atom. The van der Waals surface area contributed by atoms with Gasteiger partial charge in [0.1, 0.15) is 27.5 Å². The minimum Gasteiger partial charge on any atom is -0.497 e. The molecular weight excluding hydrogens is 516 g/mol. The van der Waals surface area contributed by atoms with E-state index in [0.717, 1.165) is 67.9 Å². The summed E-state index contributed by atoms with van der Waals surface area (Å²) in [7, 11) is 1.63. The Labute approximate surface area is 234 Å². The Bertz CT molecular complexity index is 1330. The molecule has 2 saturated heterocycles. The number of hydrogen-bond acceptors (Lipinski definition) is 7. The van der Waals surface area contributed by atoms with Crippen molar-refractivity contribution in [2.24, 2.45) is 0 Å². The van der Waals surface area contributed by atoms with Crippen molar-refractivity contribution >= 4 is 46.1 Å². The van der Waals surface area contributed by atoms with Gasteiger partial charge in [0.2, 0.25) is 0 Å². The third-order valence-electron chi connectivity index (χ3n) is 7.13. The monoisotopic (exact) mass is 550 g/mol. The average molecular weight is 551 g/mol. The molecule has 1 aromatic heterocycles. The number of aromatic nitrogens is 1. The van der Waals surface area contributed by atoms with Crippen LogP contribution in [0.1, 0.15) is 61.3 Å². The van der Waals surface area contributed by atoms with E-state index in [1.807, 2.05) is 44.2 Å². The van der Waals surface area contributed by atoms with Crippen LogP contribution in [-0.4, -0.2) is 46.4 Å². The van der Waals surface area contributed by atoms with Crippen molar-refractivity contribution < 1.29 is 9.53 Å². The van der Waals surface area contributed by atoms with Crippen molar-refractivity contribution in [3.63, 3.8) is 0 Å². The molecule has 0 unspecified atom stereocenters. The summed E-state index contributed by atoms with van der Waals surface area (Å²) in [4.78, 5) is 31.3. The molecule has 200 valence electrons. The molecule has 0 saturated carbocycles. The van der Waals surface area contributed by atoms with Crippen LogP contribution in [0.4, 0.5) is 5.82 Å². The number of nitrogens with zero attached hydrogens (tertiary/aromatic N) is 4. The van der Waals surface area contributed by atoms with Gasteiger partial charge in [-0.2, -0.15) is 5.26 Å². The molecule has 1 amide bonds. The predicted octanol–water partition coefficient (Wildman–Crippen LogP) is 5.27. The first-order valence-electron chi connectivity index (χ1n) is 13.2. The summed E-state index contributed by atoms with van der Waals surface area (Å²) in [6, 6.07) is 9.92. The van der Waals surface area contributed by atoms with Crippen molar-refractivity contribution in [1.29, 1.82) is 5.26 Å². The highest BCUT2D eigenvalue weighted by Gasteiger charge is 2.33. The van der Waals surface area contributed by atoms with Crippen molar-refractivity contribution in [3.05, 3.63) is 61.8 Å². The first-order valence-corrected chi connectivity index (χ1v) is 14.4. The summed E-state index contributed by atoms with van der Waals surface area (Å²) in [5, 5.41) is 9.86. The van der Waals surface area contributed by atoms with E-state index in [4.69, 9.17) is 17.0 Å². The molecule has 38 heavy (non-hydrogen) atoms. The highest BCUT2D eigenvalue weighted by atomic mass is 32.2. The molecule has 1 aromatic carbocycles. The zero-order chi connectivity index (χ0) is 27.2. The molecule has 9 heteroatoms. The summed E-state index contributed by atoms with van der Waals surface area (Å²) in [6.45, 7) is 6.52. The Hall–Kier alpha value is -3.09. The number of hydrogen-bond donors (Lipinski definition) is 0. The number of nitriles is 1. The molecule has 0 bridgehead atoms. The fourth-order valence-electron chi connectivity index (χ4n) is 5.06. The molecule has 0 spiro atoms. The fourth-order valence-corrected chi connectivity index (χ4v) is 6.35. The second kappa shape index (κ2) is 12.6. The second-order valence-corrected chi connectivity index (χ2v) is 11.3. The van der Waals surface area contributed by atoms with Crippen LogP contribution in [0, 0.1) is 18.3 Å². The number of methoxy groups -OCH3 is 1. The number of ether oxygens (including phenoxy) is 1. The van der Waals surface area contributed by atoms with Crippen molar-refractivity contribution in [1.82, 2.24) is 9.47 Å². The lowest BCUT2D eigenvalue weighted by Gasteiger charge is -2.29. The Morgan fingerprint density at radius 3 is 2.39 bits per heavy atom. The smallest absolute Gasteiger partial charge is 0.270 e. The zero-order valence-electron chi connectivity index (χ0n) is 22.3. The fraction of sp³-hybridized carbons (Fsp3) is 0.448. The molecule has 0 radical (unpaired) electrons. The van der Waals surface area contributed by atoms with Gasteiger partial charge in [-0.05, 0) is 61.9 Å². The number of thiocarbonyl (C=S) groups is 1. The van der Waals surface area contributed by atoms with Crippen molar-refractivity contribution in [2.45, 2.75) is 58.9 Å². The van der Waals surface area contributed by atoms with Crippen LogP contribution >= 0.6 is 24.0 Å². The van der Waals surface area contributed by atoms with Crippen molar-refractivity contribution in [3.8, 4) is 11.8 Å². The standard InChI is InChI=1S/C29H34N4O3S2/c1-4-14-32-26(31-15-7-5-6-8-16-31)23(20(2)24(19-30)27(32)34)18-25-28(35)33(29(37)38-25)17-13-21-9-11-22(36-3)12-10-21/h9-12,18H,4-8,13-17H2,1-3H3/b25-18-. The lowest BCUT2D eigenvalue weighted by molar-refractivity contribution is -0.122. The van der Waals surface area contributed by atoms with E-state index >= 15 is 0 Å². The van der Waals surface area contributed by atoms with Crippen LogP contribution in [-0.2, 0) is 17.8 Å². The zero-order valence-corrected chi connectivity index (χ0v) is 23.9. The Kier molecular flexibility index (Phi) is 9.29. The number of pyridine rings is 1. The van der Waals surface area contributed by atoms with Gasteiger partial charge in [0.25, 0.3) is 11.5 Å². The minimum absolute atomic E-state index is 0.137. The molecule has 0 aliphatic carbocycles. The third-order valence-corrected chi connectivity index (χ3v) is 8.51. The van der Waals surface area contributed by atoms with Crippen molar-refractivity contribution in [2.75, 3.05) is 31.6 Å². The van der Waals surface area contributed by atoms with Gasteiger partial charge in [-0.3, -0.25) is 19.1 Å². The number of amides is 1. The van der Waals surface area contributed by atoms with Crippen LogP contribution < -0.4 is 15.2 Å².